The van der Waals surface area contributed by atoms with Gasteiger partial charge in [-0.2, -0.15) is 0 Å². The number of carbonyl (C=O) groups excluding carboxylic acids is 4. The van der Waals surface area contributed by atoms with Gasteiger partial charge in [0, 0.05) is 22.5 Å². The van der Waals surface area contributed by atoms with E-state index < -0.39 is 12.1 Å². The summed E-state index contributed by atoms with van der Waals surface area (Å²) < 4.78 is 0. The van der Waals surface area contributed by atoms with Gasteiger partial charge in [-0.3, -0.25) is 14.9 Å². The van der Waals surface area contributed by atoms with Gasteiger partial charge in [-0.25, -0.2) is 9.59 Å². The standard InChI is InChI=1S/C14H10N2O2.C2H5N3O2/c15-9-5-6-10(16)12-11(9)13(17)7-3-1-2-4-8(7)14(12)18;3-1(6)5-2(4)7/h1-6H,15-16H2;(H5,3,4,5,6,7). The number of nitrogens with one attached hydrogen (secondary N) is 1. The van der Waals surface area contributed by atoms with E-state index in [-0.39, 0.29) is 34.1 Å². The van der Waals surface area contributed by atoms with Crippen LogP contribution in [0, 0.1) is 0 Å². The van der Waals surface area contributed by atoms with Crippen molar-refractivity contribution >= 4 is 35.0 Å². The summed E-state index contributed by atoms with van der Waals surface area (Å²) in [5, 5.41) is 1.58. The van der Waals surface area contributed by atoms with Crippen molar-refractivity contribution in [3.8, 4) is 0 Å². The van der Waals surface area contributed by atoms with Gasteiger partial charge in [0.15, 0.2) is 11.6 Å². The highest BCUT2D eigenvalue weighted by Gasteiger charge is 2.32. The number of carbonyl (C=O) groups is 4. The van der Waals surface area contributed by atoms with Crippen LogP contribution >= 0.6 is 0 Å². The van der Waals surface area contributed by atoms with Crippen LogP contribution in [0.25, 0.3) is 0 Å². The Morgan fingerprint density at radius 2 is 1.08 bits per heavy atom. The number of imide groups is 1. The molecule has 9 nitrogen and oxygen atoms in total. The Morgan fingerprint density at radius 3 is 1.36 bits per heavy atom. The fourth-order valence-electron chi connectivity index (χ4n) is 2.39. The Balaban J connectivity index is 0.000000277. The third kappa shape index (κ3) is 3.39. The number of urea groups is 2. The van der Waals surface area contributed by atoms with E-state index in [0.29, 0.717) is 11.1 Å². The molecule has 1 aliphatic rings. The molecule has 0 saturated heterocycles. The Bertz CT molecular complexity index is 835. The molecular weight excluding hydrogens is 326 g/mol. The number of hydrogen-bond donors (Lipinski definition) is 5. The molecule has 25 heavy (non-hydrogen) atoms. The Morgan fingerprint density at radius 1 is 0.720 bits per heavy atom. The second-order valence-corrected chi connectivity index (χ2v) is 5.05. The monoisotopic (exact) mass is 341 g/mol. The highest BCUT2D eigenvalue weighted by Crippen LogP contribution is 2.33. The lowest BCUT2D eigenvalue weighted by Gasteiger charge is -2.20. The molecule has 0 spiro atoms. The van der Waals surface area contributed by atoms with Gasteiger partial charge in [0.1, 0.15) is 0 Å². The predicted octanol–water partition coefficient (Wildman–Crippen LogP) is 0.360. The lowest BCUT2D eigenvalue weighted by molar-refractivity contribution is 0.0980. The van der Waals surface area contributed by atoms with Gasteiger partial charge in [-0.05, 0) is 12.1 Å². The van der Waals surface area contributed by atoms with E-state index in [1.807, 2.05) is 0 Å². The SMILES string of the molecule is NC(=O)NC(N)=O.Nc1ccc(N)c2c1C(=O)c1ccccc1C2=O. The minimum Gasteiger partial charge on any atom is -0.398 e. The van der Waals surface area contributed by atoms with E-state index in [1.54, 1.807) is 41.7 Å². The van der Waals surface area contributed by atoms with E-state index >= 15 is 0 Å². The second-order valence-electron chi connectivity index (χ2n) is 5.05. The normalized spacial score (nSPS) is 11.5. The highest BCUT2D eigenvalue weighted by molar-refractivity contribution is 6.31. The number of anilines is 2. The molecule has 0 fully saturated rings. The molecule has 0 atom stereocenters. The average molecular weight is 341 g/mol. The molecule has 0 unspecified atom stereocenters. The number of rotatable bonds is 0. The summed E-state index contributed by atoms with van der Waals surface area (Å²) in [5.74, 6) is -0.491. The number of nitrogens with two attached hydrogens (primary N) is 4. The van der Waals surface area contributed by atoms with Crippen LogP contribution in [0.4, 0.5) is 21.0 Å². The zero-order valence-electron chi connectivity index (χ0n) is 12.9. The van der Waals surface area contributed by atoms with Crippen molar-refractivity contribution in [3.63, 3.8) is 0 Å². The van der Waals surface area contributed by atoms with Crippen LogP contribution < -0.4 is 28.3 Å². The van der Waals surface area contributed by atoms with Crippen molar-refractivity contribution in [2.75, 3.05) is 11.5 Å². The molecule has 0 saturated carbocycles. The number of nitrogen functional groups attached to an aromatic ring is 2. The van der Waals surface area contributed by atoms with E-state index in [9.17, 15) is 19.2 Å². The van der Waals surface area contributed by atoms with Crippen LogP contribution in [0.3, 0.4) is 0 Å². The maximum atomic E-state index is 12.3. The molecule has 0 bridgehead atoms. The van der Waals surface area contributed by atoms with Crippen molar-refractivity contribution in [1.82, 2.24) is 5.32 Å². The number of ketones is 2. The first-order valence-corrected chi connectivity index (χ1v) is 6.96. The Kier molecular flexibility index (Phi) is 4.69. The van der Waals surface area contributed by atoms with Gasteiger partial charge in [0.25, 0.3) is 0 Å². The summed E-state index contributed by atoms with van der Waals surface area (Å²) >= 11 is 0. The quantitative estimate of drug-likeness (QED) is 0.367. The van der Waals surface area contributed by atoms with Gasteiger partial charge in [0.05, 0.1) is 11.1 Å². The van der Waals surface area contributed by atoms with Gasteiger partial charge in [-0.1, -0.05) is 24.3 Å². The van der Waals surface area contributed by atoms with Gasteiger partial charge >= 0.3 is 12.1 Å². The van der Waals surface area contributed by atoms with Crippen molar-refractivity contribution in [2.45, 2.75) is 0 Å². The van der Waals surface area contributed by atoms with Crippen molar-refractivity contribution in [1.29, 1.82) is 0 Å². The molecule has 4 amide bonds. The van der Waals surface area contributed by atoms with E-state index in [1.165, 1.54) is 0 Å². The first-order valence-electron chi connectivity index (χ1n) is 6.96. The molecule has 0 radical (unpaired) electrons. The minimum atomic E-state index is -0.938. The second kappa shape index (κ2) is 6.71. The summed E-state index contributed by atoms with van der Waals surface area (Å²) in [5.41, 5.74) is 22.2. The Labute approximate surface area is 142 Å². The molecule has 0 heterocycles. The summed E-state index contributed by atoms with van der Waals surface area (Å²) in [7, 11) is 0. The van der Waals surface area contributed by atoms with E-state index in [4.69, 9.17) is 11.5 Å². The zero-order chi connectivity index (χ0) is 18.7. The number of amides is 4. The molecule has 0 aromatic heterocycles. The van der Waals surface area contributed by atoms with Crippen molar-refractivity contribution < 1.29 is 19.2 Å². The summed E-state index contributed by atoms with van der Waals surface area (Å²) in [6.45, 7) is 0. The predicted molar refractivity (Wildman–Crippen MR) is 90.9 cm³/mol. The first-order chi connectivity index (χ1) is 11.7. The van der Waals surface area contributed by atoms with Crippen LogP contribution in [0.15, 0.2) is 36.4 Å². The number of fused-ring (bicyclic) bond motifs is 2. The summed E-state index contributed by atoms with van der Waals surface area (Å²) in [6, 6.07) is 7.91. The molecule has 2 aromatic rings. The van der Waals surface area contributed by atoms with Crippen LogP contribution in [0.5, 0.6) is 0 Å². The van der Waals surface area contributed by atoms with E-state index in [2.05, 4.69) is 11.5 Å². The van der Waals surface area contributed by atoms with Crippen LogP contribution in [0.2, 0.25) is 0 Å². The molecule has 128 valence electrons. The fraction of sp³-hybridized carbons (Fsp3) is 0. The van der Waals surface area contributed by atoms with Crippen molar-refractivity contribution in [3.05, 3.63) is 58.7 Å². The minimum absolute atomic E-state index is 0.221. The maximum absolute atomic E-state index is 12.3. The molecule has 0 aliphatic heterocycles. The molecule has 3 rings (SSSR count). The molecule has 9 N–H and O–H groups in total. The smallest absolute Gasteiger partial charge is 0.320 e. The largest absolute Gasteiger partial charge is 0.398 e. The molecule has 1 aliphatic carbocycles. The number of benzene rings is 2. The molecular formula is C16H15N5O4. The zero-order valence-corrected chi connectivity index (χ0v) is 12.9. The van der Waals surface area contributed by atoms with Gasteiger partial charge in [0.2, 0.25) is 0 Å². The van der Waals surface area contributed by atoms with Gasteiger partial charge in [-0.15, -0.1) is 0 Å². The maximum Gasteiger partial charge on any atom is 0.320 e. The van der Waals surface area contributed by atoms with Crippen LogP contribution in [-0.2, 0) is 0 Å². The number of primary amides is 2. The molecule has 2 aromatic carbocycles. The lowest BCUT2D eigenvalue weighted by atomic mass is 9.82. The summed E-state index contributed by atoms with van der Waals surface area (Å²) in [6.07, 6.45) is 0. The highest BCUT2D eigenvalue weighted by atomic mass is 16.2. The average Bonchev–Trinajstić information content (AvgIpc) is 2.54. The first kappa shape index (κ1) is 17.5. The van der Waals surface area contributed by atoms with Crippen LogP contribution in [0.1, 0.15) is 31.8 Å². The Hall–Kier alpha value is -3.88. The van der Waals surface area contributed by atoms with Crippen LogP contribution in [-0.4, -0.2) is 23.6 Å². The molecule has 9 heteroatoms. The fourth-order valence-corrected chi connectivity index (χ4v) is 2.39. The van der Waals surface area contributed by atoms with Gasteiger partial charge < -0.3 is 22.9 Å². The van der Waals surface area contributed by atoms with Crippen molar-refractivity contribution in [2.24, 2.45) is 11.5 Å². The third-order valence-corrected chi connectivity index (χ3v) is 3.39. The summed E-state index contributed by atoms with van der Waals surface area (Å²) in [4.78, 5) is 43.9. The number of hydrogen-bond acceptors (Lipinski definition) is 6. The third-order valence-electron chi connectivity index (χ3n) is 3.39. The lowest BCUT2D eigenvalue weighted by Crippen LogP contribution is -2.38. The topological polar surface area (TPSA) is 184 Å². The van der Waals surface area contributed by atoms with E-state index in [0.717, 1.165) is 0 Å².